The van der Waals surface area contributed by atoms with Crippen LogP contribution in [0.4, 0.5) is 0 Å². The van der Waals surface area contributed by atoms with Gasteiger partial charge in [0.2, 0.25) is 0 Å². The minimum Gasteiger partial charge on any atom is -0.396 e. The molecule has 3 rings (SSSR count). The molecule has 0 aliphatic carbocycles. The number of aliphatic hydroxyl groups excluding tert-OH is 2. The molecule has 3 aliphatic rings. The van der Waals surface area contributed by atoms with Crippen molar-refractivity contribution < 1.29 is 29.2 Å². The number of hydrogen-bond donors (Lipinski definition) is 7. The highest BCUT2D eigenvalue weighted by atomic mass is 31.2. The van der Waals surface area contributed by atoms with E-state index in [-0.39, 0.29) is 31.1 Å². The van der Waals surface area contributed by atoms with Gasteiger partial charge >= 0.3 is 0 Å². The van der Waals surface area contributed by atoms with Crippen molar-refractivity contribution in [3.05, 3.63) is 0 Å². The number of nitrogens with two attached hydrogens (primary N) is 3. The van der Waals surface area contributed by atoms with Crippen molar-refractivity contribution in [3.8, 4) is 0 Å². The Kier molecular flexibility index (Phi) is 16.7. The number of nitrogens with one attached hydrogen (secondary N) is 1. The van der Waals surface area contributed by atoms with E-state index in [0.717, 1.165) is 45.1 Å². The van der Waals surface area contributed by atoms with Gasteiger partial charge in [-0.05, 0) is 39.3 Å². The van der Waals surface area contributed by atoms with Gasteiger partial charge in [-0.1, -0.05) is 12.8 Å². The highest BCUT2D eigenvalue weighted by Crippen LogP contribution is 2.31. The summed E-state index contributed by atoms with van der Waals surface area (Å²) < 4.78 is 11.2. The second-order valence-corrected chi connectivity index (χ2v) is 9.13. The second-order valence-electron chi connectivity index (χ2n) is 7.88. The third-order valence-electron chi connectivity index (χ3n) is 5.17. The number of aliphatic hydroxyl groups is 2. The maximum Gasteiger partial charge on any atom is 0.252 e. The van der Waals surface area contributed by atoms with E-state index in [2.05, 4.69) is 20.1 Å². The van der Waals surface area contributed by atoms with Crippen molar-refractivity contribution in [1.82, 2.24) is 9.99 Å². The fourth-order valence-electron chi connectivity index (χ4n) is 3.23. The molecule has 0 radical (unpaired) electrons. The van der Waals surface area contributed by atoms with E-state index < -0.39 is 14.6 Å². The topological polar surface area (TPSA) is 227 Å². The largest absolute Gasteiger partial charge is 0.396 e. The van der Waals surface area contributed by atoms with Gasteiger partial charge in [0.15, 0.2) is 6.17 Å². The van der Waals surface area contributed by atoms with Gasteiger partial charge in [-0.25, -0.2) is 9.98 Å². The Morgan fingerprint density at radius 1 is 1.31 bits per heavy atom. The van der Waals surface area contributed by atoms with E-state index in [4.69, 9.17) is 36.7 Å². The fraction of sp³-hybridized carbons (Fsp3) is 0.800. The first-order valence-electron chi connectivity index (χ1n) is 11.6. The number of carbonyl (C=O) groups excluding carboxylic acids is 1. The molecule has 0 spiro atoms. The SMILES string of the molecule is CNP(O)OCC1CCC(N2C=NC3C(N)=NC=NC32)O1.NC(C=O)CO.NCCCCCCO. The molecule has 202 valence electrons. The molecule has 0 saturated carbocycles. The number of carbonyl (C=O) groups is 1. The van der Waals surface area contributed by atoms with Gasteiger partial charge < -0.3 is 51.3 Å². The molecule has 14 nitrogen and oxygen atoms in total. The lowest BCUT2D eigenvalue weighted by Gasteiger charge is -2.30. The molecule has 15 heteroatoms. The minimum atomic E-state index is -1.56. The summed E-state index contributed by atoms with van der Waals surface area (Å²) in [5.41, 5.74) is 15.9. The first-order chi connectivity index (χ1) is 16.9. The molecule has 6 unspecified atom stereocenters. The van der Waals surface area contributed by atoms with E-state index in [0.29, 0.717) is 25.3 Å². The molecule has 1 saturated heterocycles. The lowest BCUT2D eigenvalue weighted by molar-refractivity contribution is -0.109. The summed E-state index contributed by atoms with van der Waals surface area (Å²) in [6, 6.07) is -0.909. The van der Waals surface area contributed by atoms with Gasteiger partial charge in [0.25, 0.3) is 8.53 Å². The van der Waals surface area contributed by atoms with Crippen molar-refractivity contribution in [1.29, 1.82) is 0 Å². The van der Waals surface area contributed by atoms with E-state index in [9.17, 15) is 9.69 Å². The predicted octanol–water partition coefficient (Wildman–Crippen LogP) is -1.61. The summed E-state index contributed by atoms with van der Waals surface area (Å²) in [4.78, 5) is 33.5. The number of aliphatic imine (C=N–C) groups is 3. The Hall–Kier alpha value is -1.61. The van der Waals surface area contributed by atoms with Crippen molar-refractivity contribution in [3.63, 3.8) is 0 Å². The molecule has 0 aromatic carbocycles. The maximum atomic E-state index is 9.45. The van der Waals surface area contributed by atoms with Crippen LogP contribution in [-0.4, -0.2) is 109 Å². The lowest BCUT2D eigenvalue weighted by atomic mass is 10.2. The van der Waals surface area contributed by atoms with Gasteiger partial charge in [-0.3, -0.25) is 10.1 Å². The van der Waals surface area contributed by atoms with Crippen LogP contribution in [0.15, 0.2) is 15.0 Å². The second kappa shape index (κ2) is 18.6. The van der Waals surface area contributed by atoms with Crippen LogP contribution in [0.2, 0.25) is 0 Å². The highest BCUT2D eigenvalue weighted by molar-refractivity contribution is 7.43. The molecule has 0 aromatic rings. The summed E-state index contributed by atoms with van der Waals surface area (Å²) in [6.45, 7) is 1.21. The molecule has 3 heterocycles. The molecule has 1 fully saturated rings. The van der Waals surface area contributed by atoms with Gasteiger partial charge in [0, 0.05) is 6.61 Å². The van der Waals surface area contributed by atoms with Crippen LogP contribution in [0.3, 0.4) is 0 Å². The molecule has 0 aromatic heterocycles. The third kappa shape index (κ3) is 11.8. The number of ether oxygens (including phenoxy) is 1. The zero-order valence-electron chi connectivity index (χ0n) is 20.2. The van der Waals surface area contributed by atoms with Gasteiger partial charge in [-0.2, -0.15) is 0 Å². The van der Waals surface area contributed by atoms with E-state index in [1.54, 1.807) is 13.4 Å². The molecule has 35 heavy (non-hydrogen) atoms. The number of hydrogen-bond acceptors (Lipinski definition) is 14. The van der Waals surface area contributed by atoms with Crippen molar-refractivity contribution in [2.45, 2.75) is 69.1 Å². The average Bonchev–Trinajstić information content (AvgIpc) is 3.53. The van der Waals surface area contributed by atoms with Crippen LogP contribution >= 0.6 is 8.53 Å². The van der Waals surface area contributed by atoms with Crippen LogP contribution < -0.4 is 22.3 Å². The first-order valence-corrected chi connectivity index (χ1v) is 12.9. The monoisotopic (exact) mass is 520 g/mol. The van der Waals surface area contributed by atoms with Crippen LogP contribution in [0.1, 0.15) is 38.5 Å². The lowest BCUT2D eigenvalue weighted by Crippen LogP contribution is -2.47. The van der Waals surface area contributed by atoms with Gasteiger partial charge in [-0.15, -0.1) is 0 Å². The number of nitrogens with zero attached hydrogens (tertiary/aromatic N) is 4. The summed E-state index contributed by atoms with van der Waals surface area (Å²) in [5, 5.41) is 19.0. The zero-order chi connectivity index (χ0) is 26.1. The molecular formula is C20H41N8O6P. The Balaban J connectivity index is 0.000000363. The summed E-state index contributed by atoms with van der Waals surface area (Å²) in [7, 11) is 0.0873. The summed E-state index contributed by atoms with van der Waals surface area (Å²) in [6.07, 6.45) is 9.45. The Bertz CT molecular complexity index is 668. The Morgan fingerprint density at radius 3 is 2.66 bits per heavy atom. The van der Waals surface area contributed by atoms with Crippen LogP contribution in [0.5, 0.6) is 0 Å². The summed E-state index contributed by atoms with van der Waals surface area (Å²) in [5.74, 6) is 0.478. The fourth-order valence-corrected chi connectivity index (χ4v) is 3.67. The van der Waals surface area contributed by atoms with E-state index in [1.165, 1.54) is 6.34 Å². The zero-order valence-corrected chi connectivity index (χ0v) is 21.1. The predicted molar refractivity (Wildman–Crippen MR) is 136 cm³/mol. The molecule has 10 N–H and O–H groups in total. The van der Waals surface area contributed by atoms with Crippen molar-refractivity contribution in [2.75, 3.05) is 33.4 Å². The van der Waals surface area contributed by atoms with Gasteiger partial charge in [0.1, 0.15) is 30.7 Å². The van der Waals surface area contributed by atoms with Crippen LogP contribution in [0.25, 0.3) is 0 Å². The maximum absolute atomic E-state index is 9.45. The molecule has 6 atom stereocenters. The quantitative estimate of drug-likeness (QED) is 0.0879. The normalized spacial score (nSPS) is 26.1. The number of amidine groups is 1. The number of aldehydes is 1. The standard InChI is InChI=1S/C11H19N6O3P.C6H15NO.C3H7NO2/c1-13-21(18)19-4-7-2-3-8(20-7)17-6-16-9-10(12)14-5-15-11(9)17;7-5-3-1-2-4-6-8;4-3(1-5)2-6/h5-9,11,13,18H,2-4H2,1H3,(H2,12,14,15);8H,1-7H2;1,3,6H,2,4H2. The number of unbranched alkanes of at least 4 members (excludes halogenated alkanes) is 3. The number of rotatable bonds is 12. The summed E-state index contributed by atoms with van der Waals surface area (Å²) >= 11 is 0. The number of fused-ring (bicyclic) bond motifs is 1. The average molecular weight is 521 g/mol. The molecule has 0 amide bonds. The molecule has 0 bridgehead atoms. The molecular weight excluding hydrogens is 479 g/mol. The third-order valence-corrected chi connectivity index (χ3v) is 5.94. The first kappa shape index (κ1) is 31.4. The Morgan fingerprint density at radius 2 is 2.06 bits per heavy atom. The molecule has 3 aliphatic heterocycles. The van der Waals surface area contributed by atoms with E-state index in [1.807, 2.05) is 4.90 Å². The highest BCUT2D eigenvalue weighted by Gasteiger charge is 2.41. The Labute approximate surface area is 207 Å². The van der Waals surface area contributed by atoms with Crippen molar-refractivity contribution in [2.24, 2.45) is 32.2 Å². The smallest absolute Gasteiger partial charge is 0.252 e. The van der Waals surface area contributed by atoms with E-state index >= 15 is 0 Å². The minimum absolute atomic E-state index is 0.0356. The van der Waals surface area contributed by atoms with Crippen LogP contribution in [0, 0.1) is 0 Å². The van der Waals surface area contributed by atoms with Gasteiger partial charge in [0.05, 0.1) is 31.7 Å². The van der Waals surface area contributed by atoms with Crippen LogP contribution in [-0.2, 0) is 14.1 Å². The van der Waals surface area contributed by atoms with Crippen molar-refractivity contribution >= 4 is 33.3 Å².